The summed E-state index contributed by atoms with van der Waals surface area (Å²) in [5.41, 5.74) is 6.11. The molecule has 0 aromatic carbocycles. The lowest BCUT2D eigenvalue weighted by molar-refractivity contribution is 0.128. The third-order valence-corrected chi connectivity index (χ3v) is 3.96. The molecule has 1 aliphatic rings. The first-order valence-corrected chi connectivity index (χ1v) is 7.72. The molecule has 0 bridgehead atoms. The number of nitrogens with two attached hydrogens (primary N) is 1. The Morgan fingerprint density at radius 1 is 0.952 bits per heavy atom. The van der Waals surface area contributed by atoms with Gasteiger partial charge in [0, 0.05) is 43.2 Å². The van der Waals surface area contributed by atoms with Gasteiger partial charge in [0.1, 0.15) is 17.5 Å². The van der Waals surface area contributed by atoms with Crippen molar-refractivity contribution in [2.24, 2.45) is 0 Å². The quantitative estimate of drug-likeness (QED) is 0.860. The molecule has 1 aromatic heterocycles. The van der Waals surface area contributed by atoms with Crippen LogP contribution in [0.2, 0.25) is 0 Å². The molecule has 21 heavy (non-hydrogen) atoms. The molecule has 0 atom stereocenters. The monoisotopic (exact) mass is 291 g/mol. The van der Waals surface area contributed by atoms with Crippen LogP contribution in [0.1, 0.15) is 47.4 Å². The van der Waals surface area contributed by atoms with E-state index in [1.54, 1.807) is 0 Å². The van der Waals surface area contributed by atoms with Crippen molar-refractivity contribution in [1.29, 1.82) is 0 Å². The Labute approximate surface area is 128 Å². The van der Waals surface area contributed by atoms with Crippen molar-refractivity contribution in [2.45, 2.75) is 52.5 Å². The van der Waals surface area contributed by atoms with E-state index >= 15 is 0 Å². The molecule has 0 aliphatic carbocycles. The molecule has 5 heteroatoms. The first-order chi connectivity index (χ1) is 9.57. The summed E-state index contributed by atoms with van der Waals surface area (Å²) in [6.07, 6.45) is 0. The van der Waals surface area contributed by atoms with Crippen molar-refractivity contribution < 1.29 is 0 Å². The van der Waals surface area contributed by atoms with E-state index in [0.717, 1.165) is 37.8 Å². The van der Waals surface area contributed by atoms with Crippen LogP contribution >= 0.6 is 0 Å². The Bertz CT molecular complexity index is 490. The van der Waals surface area contributed by atoms with Gasteiger partial charge in [0.05, 0.1) is 0 Å². The van der Waals surface area contributed by atoms with Crippen LogP contribution in [0, 0.1) is 0 Å². The van der Waals surface area contributed by atoms with Gasteiger partial charge in [0.2, 0.25) is 0 Å². The van der Waals surface area contributed by atoms with Crippen LogP contribution in [0.5, 0.6) is 0 Å². The van der Waals surface area contributed by atoms with Crippen molar-refractivity contribution in [2.75, 3.05) is 36.8 Å². The van der Waals surface area contributed by atoms with E-state index in [2.05, 4.69) is 56.3 Å². The third kappa shape index (κ3) is 3.84. The molecular formula is C16H29N5. The van der Waals surface area contributed by atoms with Gasteiger partial charge in [0.15, 0.2) is 0 Å². The Morgan fingerprint density at radius 2 is 1.52 bits per heavy atom. The minimum absolute atomic E-state index is 0.0860. The molecule has 0 spiro atoms. The van der Waals surface area contributed by atoms with Crippen LogP contribution < -0.4 is 10.6 Å². The highest BCUT2D eigenvalue weighted by Gasteiger charge is 2.27. The van der Waals surface area contributed by atoms with Crippen LogP contribution in [0.3, 0.4) is 0 Å². The van der Waals surface area contributed by atoms with Crippen LogP contribution in [0.25, 0.3) is 0 Å². The zero-order valence-electron chi connectivity index (χ0n) is 14.3. The summed E-state index contributed by atoms with van der Waals surface area (Å²) in [6, 6.07) is 1.89. The smallest absolute Gasteiger partial charge is 0.138 e. The minimum atomic E-state index is -0.0860. The molecule has 1 aliphatic heterocycles. The summed E-state index contributed by atoms with van der Waals surface area (Å²) in [7, 11) is 0. The average molecular weight is 291 g/mol. The number of hydrogen-bond acceptors (Lipinski definition) is 5. The molecule has 0 radical (unpaired) electrons. The van der Waals surface area contributed by atoms with E-state index in [-0.39, 0.29) is 11.0 Å². The molecule has 1 aromatic rings. The van der Waals surface area contributed by atoms with Gasteiger partial charge in [-0.15, -0.1) is 0 Å². The number of nitrogen functional groups attached to an aromatic ring is 1. The van der Waals surface area contributed by atoms with E-state index in [1.165, 1.54) is 0 Å². The van der Waals surface area contributed by atoms with Gasteiger partial charge in [-0.3, -0.25) is 4.90 Å². The highest BCUT2D eigenvalue weighted by atomic mass is 15.3. The summed E-state index contributed by atoms with van der Waals surface area (Å²) < 4.78 is 0. The van der Waals surface area contributed by atoms with Crippen molar-refractivity contribution in [3.8, 4) is 0 Å². The van der Waals surface area contributed by atoms with Gasteiger partial charge in [-0.05, 0) is 20.8 Å². The largest absolute Gasteiger partial charge is 0.384 e. The molecule has 2 heterocycles. The topological polar surface area (TPSA) is 58.3 Å². The van der Waals surface area contributed by atoms with Crippen LogP contribution in [-0.2, 0) is 5.41 Å². The first-order valence-electron chi connectivity index (χ1n) is 7.72. The molecule has 0 amide bonds. The van der Waals surface area contributed by atoms with Crippen molar-refractivity contribution in [3.63, 3.8) is 0 Å². The van der Waals surface area contributed by atoms with Gasteiger partial charge < -0.3 is 10.6 Å². The predicted octanol–water partition coefficient (Wildman–Crippen LogP) is 2.28. The summed E-state index contributed by atoms with van der Waals surface area (Å²) >= 11 is 0. The lowest BCUT2D eigenvalue weighted by atomic mass is 9.96. The van der Waals surface area contributed by atoms with Gasteiger partial charge >= 0.3 is 0 Å². The zero-order valence-corrected chi connectivity index (χ0v) is 14.3. The van der Waals surface area contributed by atoms with E-state index < -0.39 is 0 Å². The Kier molecular flexibility index (Phi) is 4.15. The van der Waals surface area contributed by atoms with Gasteiger partial charge in [-0.25, -0.2) is 9.97 Å². The first kappa shape index (κ1) is 16.0. The number of piperazine rings is 1. The van der Waals surface area contributed by atoms with Gasteiger partial charge in [-0.1, -0.05) is 20.8 Å². The number of nitrogens with zero attached hydrogens (tertiary/aromatic N) is 4. The Balaban J connectivity index is 2.16. The van der Waals surface area contributed by atoms with E-state index in [1.807, 2.05) is 6.07 Å². The number of hydrogen-bond donors (Lipinski definition) is 1. The summed E-state index contributed by atoms with van der Waals surface area (Å²) in [5, 5.41) is 0. The highest BCUT2D eigenvalue weighted by molar-refractivity contribution is 5.48. The van der Waals surface area contributed by atoms with E-state index in [9.17, 15) is 0 Å². The van der Waals surface area contributed by atoms with Crippen molar-refractivity contribution in [1.82, 2.24) is 14.9 Å². The van der Waals surface area contributed by atoms with Crippen molar-refractivity contribution in [3.05, 3.63) is 11.9 Å². The molecule has 1 fully saturated rings. The van der Waals surface area contributed by atoms with Crippen LogP contribution in [0.4, 0.5) is 11.6 Å². The normalized spacial score (nSPS) is 18.1. The molecule has 5 nitrogen and oxygen atoms in total. The average Bonchev–Trinajstić information content (AvgIpc) is 2.36. The van der Waals surface area contributed by atoms with E-state index in [4.69, 9.17) is 10.7 Å². The maximum absolute atomic E-state index is 5.97. The second-order valence-electron chi connectivity index (χ2n) is 7.87. The fourth-order valence-corrected chi connectivity index (χ4v) is 2.56. The Morgan fingerprint density at radius 3 is 2.00 bits per heavy atom. The fourth-order valence-electron chi connectivity index (χ4n) is 2.56. The van der Waals surface area contributed by atoms with Gasteiger partial charge in [-0.2, -0.15) is 0 Å². The number of anilines is 2. The summed E-state index contributed by atoms with van der Waals surface area (Å²) in [4.78, 5) is 13.9. The molecule has 0 unspecified atom stereocenters. The number of aromatic nitrogens is 2. The maximum atomic E-state index is 5.97. The van der Waals surface area contributed by atoms with E-state index in [0.29, 0.717) is 5.82 Å². The predicted molar refractivity (Wildman–Crippen MR) is 88.7 cm³/mol. The minimum Gasteiger partial charge on any atom is -0.384 e. The zero-order chi connectivity index (χ0) is 15.8. The summed E-state index contributed by atoms with van der Waals surface area (Å²) in [5.74, 6) is 2.33. The summed E-state index contributed by atoms with van der Waals surface area (Å²) in [6.45, 7) is 17.2. The molecule has 2 N–H and O–H groups in total. The van der Waals surface area contributed by atoms with Crippen molar-refractivity contribution >= 4 is 11.6 Å². The van der Waals surface area contributed by atoms with Gasteiger partial charge in [0.25, 0.3) is 0 Å². The van der Waals surface area contributed by atoms with Crippen LogP contribution in [0.15, 0.2) is 6.07 Å². The fraction of sp³-hybridized carbons (Fsp3) is 0.750. The highest BCUT2D eigenvalue weighted by Crippen LogP contribution is 2.24. The molecule has 0 saturated carbocycles. The number of rotatable bonds is 1. The maximum Gasteiger partial charge on any atom is 0.138 e. The molecule has 118 valence electrons. The third-order valence-electron chi connectivity index (χ3n) is 3.96. The second kappa shape index (κ2) is 5.44. The SMILES string of the molecule is CC(C)(C)c1nc(N)cc(N2CCN(C(C)(C)C)CC2)n1. The lowest BCUT2D eigenvalue weighted by Crippen LogP contribution is -2.53. The van der Waals surface area contributed by atoms with Crippen LogP contribution in [-0.4, -0.2) is 46.6 Å². The second-order valence-corrected chi connectivity index (χ2v) is 7.87. The Hall–Kier alpha value is -1.36. The molecule has 2 rings (SSSR count). The molecule has 1 saturated heterocycles. The lowest BCUT2D eigenvalue weighted by Gasteiger charge is -2.42. The molecular weight excluding hydrogens is 262 g/mol. The standard InChI is InChI=1S/C16H29N5/c1-15(2,3)14-18-12(17)11-13(19-14)20-7-9-21(10-8-20)16(4,5)6/h11H,7-10H2,1-6H3,(H2,17,18,19).